The number of benzene rings is 4. The van der Waals surface area contributed by atoms with Gasteiger partial charge in [0.15, 0.2) is 6.29 Å². The monoisotopic (exact) mass is 666 g/mol. The van der Waals surface area contributed by atoms with Crippen molar-refractivity contribution in [1.82, 2.24) is 10.2 Å². The molecule has 1 saturated heterocycles. The highest BCUT2D eigenvalue weighted by Gasteiger charge is 2.34. The highest BCUT2D eigenvalue weighted by molar-refractivity contribution is 5.76. The Bertz CT molecular complexity index is 1650. The Morgan fingerprint density at radius 2 is 1.57 bits per heavy atom. The molecule has 5 atom stereocenters. The maximum absolute atomic E-state index is 12.1. The van der Waals surface area contributed by atoms with Crippen molar-refractivity contribution in [2.45, 2.75) is 76.4 Å². The highest BCUT2D eigenvalue weighted by atomic mass is 16.7. The number of carbonyl (C=O) groups excluding carboxylic acids is 1. The molecule has 0 unspecified atom stereocenters. The van der Waals surface area contributed by atoms with Gasteiger partial charge in [0.25, 0.3) is 0 Å². The van der Waals surface area contributed by atoms with E-state index in [1.807, 2.05) is 117 Å². The number of carboxylic acid groups (broad SMARTS) is 1. The first kappa shape index (κ1) is 35.9. The van der Waals surface area contributed by atoms with Crippen LogP contribution in [0.1, 0.15) is 78.9 Å². The number of carbonyl (C=O) groups is 2. The van der Waals surface area contributed by atoms with Gasteiger partial charge < -0.3 is 30.1 Å². The topological polar surface area (TPSA) is 129 Å². The number of likely N-dealkylation sites (N-methyl/N-ethyl adjacent to an activating group) is 1. The standard InChI is InChI=1S/C40H46N2O7/c1-27(39(47)32-9-4-3-5-10-32)42(2)25-35-23-36(31-16-14-28(26-43)15-17-31)49-40(48-35)33-20-18-30(19-21-33)34-11-6-8-29(22-34)24-41-37(44)12-7-13-38(45)46/h3-6,8-11,14-22,27,35-36,39-40,43,47H,7,12-13,23-26H2,1-2H3,(H,41,44)(H,45,46)/t27-,35+,36-,39-,40-/m1/s1. The largest absolute Gasteiger partial charge is 0.481 e. The third kappa shape index (κ3) is 10.1. The van der Waals surface area contributed by atoms with Gasteiger partial charge in [0.1, 0.15) is 0 Å². The molecule has 0 radical (unpaired) electrons. The van der Waals surface area contributed by atoms with Gasteiger partial charge in [-0.05, 0) is 59.8 Å². The van der Waals surface area contributed by atoms with Crippen LogP contribution < -0.4 is 5.32 Å². The van der Waals surface area contributed by atoms with Crippen LogP contribution in [0.3, 0.4) is 0 Å². The van der Waals surface area contributed by atoms with Crippen LogP contribution in [0, 0.1) is 0 Å². The van der Waals surface area contributed by atoms with Gasteiger partial charge in [-0.15, -0.1) is 0 Å². The second-order valence-corrected chi connectivity index (χ2v) is 12.7. The summed E-state index contributed by atoms with van der Waals surface area (Å²) >= 11 is 0. The second kappa shape index (κ2) is 17.3. The second-order valence-electron chi connectivity index (χ2n) is 12.7. The Labute approximate surface area is 288 Å². The van der Waals surface area contributed by atoms with Gasteiger partial charge in [-0.25, -0.2) is 0 Å². The minimum absolute atomic E-state index is 0.0227. The number of aliphatic hydroxyl groups excluding tert-OH is 2. The fourth-order valence-corrected chi connectivity index (χ4v) is 6.07. The van der Waals surface area contributed by atoms with E-state index in [-0.39, 0.29) is 43.6 Å². The highest BCUT2D eigenvalue weighted by Crippen LogP contribution is 2.39. The first-order valence-corrected chi connectivity index (χ1v) is 16.8. The van der Waals surface area contributed by atoms with Crippen LogP contribution in [0.5, 0.6) is 0 Å². The van der Waals surface area contributed by atoms with Crippen molar-refractivity contribution in [3.05, 3.63) is 131 Å². The van der Waals surface area contributed by atoms with Crippen molar-refractivity contribution < 1.29 is 34.4 Å². The summed E-state index contributed by atoms with van der Waals surface area (Å²) in [5.41, 5.74) is 6.56. The van der Waals surface area contributed by atoms with Crippen LogP contribution in [-0.2, 0) is 32.2 Å². The number of hydrogen-bond acceptors (Lipinski definition) is 7. The Morgan fingerprint density at radius 3 is 2.27 bits per heavy atom. The summed E-state index contributed by atoms with van der Waals surface area (Å²) < 4.78 is 13.1. The summed E-state index contributed by atoms with van der Waals surface area (Å²) in [7, 11) is 2.00. The molecule has 1 fully saturated rings. The molecule has 0 saturated carbocycles. The Morgan fingerprint density at radius 1 is 0.857 bits per heavy atom. The Hall–Kier alpha value is -4.38. The number of nitrogens with zero attached hydrogens (tertiary/aromatic N) is 1. The maximum atomic E-state index is 12.1. The van der Waals surface area contributed by atoms with E-state index in [1.165, 1.54) is 0 Å². The predicted octanol–water partition coefficient (Wildman–Crippen LogP) is 6.32. The molecule has 5 rings (SSSR count). The van der Waals surface area contributed by atoms with E-state index in [1.54, 1.807) is 0 Å². The van der Waals surface area contributed by atoms with Crippen LogP contribution in [0.25, 0.3) is 11.1 Å². The molecule has 49 heavy (non-hydrogen) atoms. The van der Waals surface area contributed by atoms with Crippen LogP contribution in [-0.4, -0.2) is 57.8 Å². The number of hydrogen-bond donors (Lipinski definition) is 4. The van der Waals surface area contributed by atoms with E-state index in [0.717, 1.165) is 38.9 Å². The minimum atomic E-state index is -0.904. The van der Waals surface area contributed by atoms with E-state index in [0.29, 0.717) is 25.9 Å². The minimum Gasteiger partial charge on any atom is -0.481 e. The lowest BCUT2D eigenvalue weighted by atomic mass is 9.98. The van der Waals surface area contributed by atoms with E-state index < -0.39 is 18.4 Å². The van der Waals surface area contributed by atoms with Crippen LogP contribution in [0.4, 0.5) is 0 Å². The van der Waals surface area contributed by atoms with Crippen molar-refractivity contribution in [1.29, 1.82) is 0 Å². The lowest BCUT2D eigenvalue weighted by Crippen LogP contribution is -2.43. The number of aliphatic hydroxyl groups is 2. The SMILES string of the molecule is C[C@H]([C@@H](O)c1ccccc1)N(C)C[C@@H]1C[C@H](c2ccc(CO)cc2)O[C@H](c2ccc(-c3cccc(CNC(=O)CCCC(=O)O)c3)cc2)O1. The molecule has 0 aliphatic carbocycles. The van der Waals surface area contributed by atoms with Gasteiger partial charge in [-0.1, -0.05) is 97.1 Å². The fourth-order valence-electron chi connectivity index (χ4n) is 6.07. The lowest BCUT2D eigenvalue weighted by molar-refractivity contribution is -0.253. The zero-order valence-electron chi connectivity index (χ0n) is 28.1. The Balaban J connectivity index is 1.28. The van der Waals surface area contributed by atoms with Crippen molar-refractivity contribution in [3.8, 4) is 11.1 Å². The quantitative estimate of drug-likeness (QED) is 0.116. The smallest absolute Gasteiger partial charge is 0.303 e. The van der Waals surface area contributed by atoms with Gasteiger partial charge in [0.05, 0.1) is 24.9 Å². The van der Waals surface area contributed by atoms with E-state index >= 15 is 0 Å². The number of nitrogens with one attached hydrogen (secondary N) is 1. The molecule has 4 N–H and O–H groups in total. The number of carboxylic acids is 1. The van der Waals surface area contributed by atoms with Gasteiger partial charge in [0, 0.05) is 44.0 Å². The summed E-state index contributed by atoms with van der Waals surface area (Å²) in [6.45, 7) is 2.95. The zero-order chi connectivity index (χ0) is 34.8. The molecule has 9 nitrogen and oxygen atoms in total. The van der Waals surface area contributed by atoms with E-state index in [9.17, 15) is 19.8 Å². The predicted molar refractivity (Wildman–Crippen MR) is 187 cm³/mol. The molecular weight excluding hydrogens is 620 g/mol. The number of ether oxygens (including phenoxy) is 2. The molecule has 258 valence electrons. The van der Waals surface area contributed by atoms with Crippen molar-refractivity contribution in [3.63, 3.8) is 0 Å². The fraction of sp³-hybridized carbons (Fsp3) is 0.350. The summed E-state index contributed by atoms with van der Waals surface area (Å²) in [5.74, 6) is -1.07. The number of amides is 1. The summed E-state index contributed by atoms with van der Waals surface area (Å²) in [6, 6.07) is 33.4. The summed E-state index contributed by atoms with van der Waals surface area (Å²) in [6.07, 6.45) is -0.553. The van der Waals surface area contributed by atoms with Crippen LogP contribution in [0.2, 0.25) is 0 Å². The molecule has 1 heterocycles. The van der Waals surface area contributed by atoms with Gasteiger partial charge in [-0.2, -0.15) is 0 Å². The van der Waals surface area contributed by atoms with Gasteiger partial charge >= 0.3 is 5.97 Å². The third-order valence-corrected chi connectivity index (χ3v) is 9.13. The van der Waals surface area contributed by atoms with Crippen LogP contribution >= 0.6 is 0 Å². The normalized spacial score (nSPS) is 18.9. The van der Waals surface area contributed by atoms with E-state index in [2.05, 4.69) is 10.2 Å². The molecule has 0 aromatic heterocycles. The third-order valence-electron chi connectivity index (χ3n) is 9.13. The maximum Gasteiger partial charge on any atom is 0.303 e. The summed E-state index contributed by atoms with van der Waals surface area (Å²) in [5, 5.41) is 32.3. The van der Waals surface area contributed by atoms with Gasteiger partial charge in [0.2, 0.25) is 5.91 Å². The van der Waals surface area contributed by atoms with Crippen LogP contribution in [0.15, 0.2) is 103 Å². The summed E-state index contributed by atoms with van der Waals surface area (Å²) in [4.78, 5) is 25.0. The lowest BCUT2D eigenvalue weighted by Gasteiger charge is -2.39. The number of rotatable bonds is 15. The zero-order valence-corrected chi connectivity index (χ0v) is 28.1. The molecule has 0 bridgehead atoms. The Kier molecular flexibility index (Phi) is 12.7. The van der Waals surface area contributed by atoms with Crippen molar-refractivity contribution in [2.24, 2.45) is 0 Å². The first-order chi connectivity index (χ1) is 23.7. The average Bonchev–Trinajstić information content (AvgIpc) is 3.13. The molecule has 4 aromatic rings. The molecule has 4 aromatic carbocycles. The van der Waals surface area contributed by atoms with Crippen molar-refractivity contribution >= 4 is 11.9 Å². The van der Waals surface area contributed by atoms with E-state index in [4.69, 9.17) is 14.6 Å². The average molecular weight is 667 g/mol. The van der Waals surface area contributed by atoms with Gasteiger partial charge in [-0.3, -0.25) is 14.5 Å². The molecular formula is C40H46N2O7. The molecule has 1 aliphatic heterocycles. The molecule has 1 aliphatic rings. The number of aliphatic carboxylic acids is 1. The molecule has 9 heteroatoms. The van der Waals surface area contributed by atoms with Crippen molar-refractivity contribution in [2.75, 3.05) is 13.6 Å². The first-order valence-electron chi connectivity index (χ1n) is 16.8. The molecule has 0 spiro atoms. The molecule has 1 amide bonds.